The summed E-state index contributed by atoms with van der Waals surface area (Å²) in [6.07, 6.45) is -0.580. The topological polar surface area (TPSA) is 29.5 Å². The number of benzene rings is 2. The maximum atomic E-state index is 12.8. The van der Waals surface area contributed by atoms with Gasteiger partial charge in [-0.25, -0.2) is 4.39 Å². The van der Waals surface area contributed by atoms with E-state index in [2.05, 4.69) is 0 Å². The molecular weight excluding hydrogens is 243 g/mol. The second-order valence-corrected chi connectivity index (χ2v) is 4.63. The van der Waals surface area contributed by atoms with Crippen LogP contribution in [0.4, 0.5) is 4.39 Å². The Labute approximate surface area is 112 Å². The van der Waals surface area contributed by atoms with Crippen LogP contribution < -0.4 is 4.74 Å². The Hall–Kier alpha value is -1.87. The summed E-state index contributed by atoms with van der Waals surface area (Å²) >= 11 is 0. The van der Waals surface area contributed by atoms with Gasteiger partial charge >= 0.3 is 0 Å². The molecule has 0 saturated carbocycles. The van der Waals surface area contributed by atoms with Crippen molar-refractivity contribution < 1.29 is 14.2 Å². The number of halogens is 1. The first-order chi connectivity index (χ1) is 9.06. The van der Waals surface area contributed by atoms with Gasteiger partial charge in [0.2, 0.25) is 0 Å². The fraction of sp³-hybridized carbons (Fsp3) is 0.250. The summed E-state index contributed by atoms with van der Waals surface area (Å²) in [7, 11) is 0. The van der Waals surface area contributed by atoms with Crippen molar-refractivity contribution in [1.82, 2.24) is 0 Å². The number of aliphatic hydroxyl groups is 1. The lowest BCUT2D eigenvalue weighted by molar-refractivity contribution is 0.190. The van der Waals surface area contributed by atoms with Crippen LogP contribution in [0.1, 0.15) is 29.7 Å². The van der Waals surface area contributed by atoms with Crippen molar-refractivity contribution in [2.24, 2.45) is 0 Å². The number of aryl methyl sites for hydroxylation is 1. The van der Waals surface area contributed by atoms with Gasteiger partial charge in [-0.05, 0) is 43.2 Å². The summed E-state index contributed by atoms with van der Waals surface area (Å²) in [4.78, 5) is 0. The molecule has 100 valence electrons. The summed E-state index contributed by atoms with van der Waals surface area (Å²) in [6.45, 7) is 4.02. The quantitative estimate of drug-likeness (QED) is 0.906. The molecule has 1 atom stereocenters. The molecule has 2 nitrogen and oxygen atoms in total. The van der Waals surface area contributed by atoms with Crippen molar-refractivity contribution in [1.29, 1.82) is 0 Å². The van der Waals surface area contributed by atoms with Crippen LogP contribution in [0, 0.1) is 12.7 Å². The summed E-state index contributed by atoms with van der Waals surface area (Å²) in [6, 6.07) is 11.9. The number of hydrogen-bond donors (Lipinski definition) is 1. The Kier molecular flexibility index (Phi) is 4.17. The van der Waals surface area contributed by atoms with Crippen LogP contribution in [0.3, 0.4) is 0 Å². The number of hydrogen-bond acceptors (Lipinski definition) is 2. The zero-order valence-corrected chi connectivity index (χ0v) is 11.1. The van der Waals surface area contributed by atoms with Gasteiger partial charge in [0.15, 0.2) is 0 Å². The SMILES string of the molecule is Cc1ccc(C(C)O)c(OCc2ccc(F)cc2)c1. The van der Waals surface area contributed by atoms with Gasteiger partial charge in [0.1, 0.15) is 18.2 Å². The molecule has 1 N–H and O–H groups in total. The Morgan fingerprint density at radius 3 is 2.47 bits per heavy atom. The Morgan fingerprint density at radius 1 is 1.16 bits per heavy atom. The average molecular weight is 260 g/mol. The highest BCUT2D eigenvalue weighted by Crippen LogP contribution is 2.27. The van der Waals surface area contributed by atoms with Crippen LogP contribution in [-0.4, -0.2) is 5.11 Å². The smallest absolute Gasteiger partial charge is 0.125 e. The molecule has 0 amide bonds. The third-order valence-electron chi connectivity index (χ3n) is 2.93. The van der Waals surface area contributed by atoms with Crippen LogP contribution in [0.2, 0.25) is 0 Å². The fourth-order valence-corrected chi connectivity index (χ4v) is 1.85. The molecule has 0 aliphatic carbocycles. The molecule has 0 spiro atoms. The summed E-state index contributed by atoms with van der Waals surface area (Å²) in [5.41, 5.74) is 2.71. The summed E-state index contributed by atoms with van der Waals surface area (Å²) in [5.74, 6) is 0.406. The van der Waals surface area contributed by atoms with Crippen LogP contribution in [0.25, 0.3) is 0 Å². The minimum absolute atomic E-state index is 0.260. The number of rotatable bonds is 4. The van der Waals surface area contributed by atoms with E-state index < -0.39 is 6.10 Å². The summed E-state index contributed by atoms with van der Waals surface area (Å²) in [5, 5.41) is 9.70. The molecule has 1 unspecified atom stereocenters. The molecule has 0 aliphatic heterocycles. The molecule has 2 aromatic rings. The Bertz CT molecular complexity index is 547. The van der Waals surface area contributed by atoms with E-state index in [1.54, 1.807) is 19.1 Å². The van der Waals surface area contributed by atoms with Crippen LogP contribution in [0.5, 0.6) is 5.75 Å². The van der Waals surface area contributed by atoms with E-state index in [0.717, 1.165) is 16.7 Å². The Morgan fingerprint density at radius 2 is 1.84 bits per heavy atom. The van der Waals surface area contributed by atoms with Crippen molar-refractivity contribution in [3.8, 4) is 5.75 Å². The molecule has 0 aliphatic rings. The lowest BCUT2D eigenvalue weighted by Gasteiger charge is -2.14. The third-order valence-corrected chi connectivity index (χ3v) is 2.93. The molecule has 0 aromatic heterocycles. The van der Waals surface area contributed by atoms with Crippen molar-refractivity contribution in [2.45, 2.75) is 26.6 Å². The lowest BCUT2D eigenvalue weighted by atomic mass is 10.1. The first-order valence-corrected chi connectivity index (χ1v) is 6.22. The molecule has 0 fully saturated rings. The van der Waals surface area contributed by atoms with Gasteiger partial charge in [-0.3, -0.25) is 0 Å². The van der Waals surface area contributed by atoms with Gasteiger partial charge in [-0.2, -0.15) is 0 Å². The molecule has 0 radical (unpaired) electrons. The van der Waals surface area contributed by atoms with Gasteiger partial charge < -0.3 is 9.84 Å². The Balaban J connectivity index is 2.14. The van der Waals surface area contributed by atoms with E-state index in [0.29, 0.717) is 12.4 Å². The maximum absolute atomic E-state index is 12.8. The molecule has 0 saturated heterocycles. The minimum atomic E-state index is -0.580. The predicted octanol–water partition coefficient (Wildman–Crippen LogP) is 3.77. The second kappa shape index (κ2) is 5.85. The first kappa shape index (κ1) is 13.6. The second-order valence-electron chi connectivity index (χ2n) is 4.63. The van der Waals surface area contributed by atoms with E-state index in [1.165, 1.54) is 12.1 Å². The van der Waals surface area contributed by atoms with Crippen molar-refractivity contribution in [3.63, 3.8) is 0 Å². The molecule has 3 heteroatoms. The standard InChI is InChI=1S/C16H17FO2/c1-11-3-8-15(12(2)18)16(9-11)19-10-13-4-6-14(17)7-5-13/h3-9,12,18H,10H2,1-2H3. The molecule has 0 heterocycles. The summed E-state index contributed by atoms with van der Waals surface area (Å²) < 4.78 is 18.5. The zero-order valence-electron chi connectivity index (χ0n) is 11.1. The maximum Gasteiger partial charge on any atom is 0.125 e. The van der Waals surface area contributed by atoms with Crippen molar-refractivity contribution >= 4 is 0 Å². The predicted molar refractivity (Wildman–Crippen MR) is 72.5 cm³/mol. The molecule has 2 aromatic carbocycles. The van der Waals surface area contributed by atoms with Gasteiger partial charge in [-0.15, -0.1) is 0 Å². The van der Waals surface area contributed by atoms with Crippen LogP contribution >= 0.6 is 0 Å². The van der Waals surface area contributed by atoms with Gasteiger partial charge in [0.25, 0.3) is 0 Å². The monoisotopic (exact) mass is 260 g/mol. The van der Waals surface area contributed by atoms with E-state index in [1.807, 2.05) is 25.1 Å². The normalized spacial score (nSPS) is 12.2. The number of aliphatic hydroxyl groups excluding tert-OH is 1. The van der Waals surface area contributed by atoms with E-state index in [9.17, 15) is 9.50 Å². The molecule has 0 bridgehead atoms. The van der Waals surface area contributed by atoms with E-state index in [4.69, 9.17) is 4.74 Å². The highest BCUT2D eigenvalue weighted by atomic mass is 19.1. The molecule has 19 heavy (non-hydrogen) atoms. The van der Waals surface area contributed by atoms with Gasteiger partial charge in [0, 0.05) is 5.56 Å². The average Bonchev–Trinajstić information content (AvgIpc) is 2.38. The molecule has 2 rings (SSSR count). The van der Waals surface area contributed by atoms with Crippen molar-refractivity contribution in [2.75, 3.05) is 0 Å². The van der Waals surface area contributed by atoms with Crippen LogP contribution in [0.15, 0.2) is 42.5 Å². The van der Waals surface area contributed by atoms with Gasteiger partial charge in [-0.1, -0.05) is 24.3 Å². The molecular formula is C16H17FO2. The first-order valence-electron chi connectivity index (χ1n) is 6.22. The number of ether oxygens (including phenoxy) is 1. The van der Waals surface area contributed by atoms with Crippen molar-refractivity contribution in [3.05, 3.63) is 65.0 Å². The fourth-order valence-electron chi connectivity index (χ4n) is 1.85. The van der Waals surface area contributed by atoms with E-state index in [-0.39, 0.29) is 5.82 Å². The highest BCUT2D eigenvalue weighted by molar-refractivity contribution is 5.38. The lowest BCUT2D eigenvalue weighted by Crippen LogP contribution is -2.01. The van der Waals surface area contributed by atoms with Crippen LogP contribution in [-0.2, 0) is 6.61 Å². The van der Waals surface area contributed by atoms with E-state index >= 15 is 0 Å². The third kappa shape index (κ3) is 3.55. The highest BCUT2D eigenvalue weighted by Gasteiger charge is 2.09. The van der Waals surface area contributed by atoms with Gasteiger partial charge in [0.05, 0.1) is 6.10 Å². The zero-order chi connectivity index (χ0) is 13.8. The largest absolute Gasteiger partial charge is 0.489 e. The minimum Gasteiger partial charge on any atom is -0.489 e.